The number of rotatable bonds is 4. The molecule has 1 aliphatic carbocycles. The fourth-order valence-electron chi connectivity index (χ4n) is 3.69. The molecule has 1 saturated heterocycles. The lowest BCUT2D eigenvalue weighted by Crippen LogP contribution is -2.42. The summed E-state index contributed by atoms with van der Waals surface area (Å²) in [5.74, 6) is 2.93. The standard InChI is InChI=1S/C16H26N4/c1-2-17-9-15-10-18-11-16(19-15)20-8-7-13-5-3-4-6-14(13)12-20/h10-11,13-14,17H,2-9,12H2,1H3. The molecular weight excluding hydrogens is 248 g/mol. The van der Waals surface area contributed by atoms with Crippen LogP contribution in [0.5, 0.6) is 0 Å². The number of hydrogen-bond donors (Lipinski definition) is 1. The number of anilines is 1. The van der Waals surface area contributed by atoms with Crippen LogP contribution in [0.25, 0.3) is 0 Å². The van der Waals surface area contributed by atoms with E-state index in [0.717, 1.165) is 43.0 Å². The molecule has 2 heterocycles. The highest BCUT2D eigenvalue weighted by Gasteiger charge is 2.31. The molecule has 20 heavy (non-hydrogen) atoms. The van der Waals surface area contributed by atoms with E-state index in [1.807, 2.05) is 12.4 Å². The normalized spacial score (nSPS) is 26.4. The fourth-order valence-corrected chi connectivity index (χ4v) is 3.69. The van der Waals surface area contributed by atoms with Gasteiger partial charge in [0.15, 0.2) is 0 Å². The van der Waals surface area contributed by atoms with E-state index in [1.165, 1.54) is 38.6 Å². The van der Waals surface area contributed by atoms with Gasteiger partial charge in [-0.2, -0.15) is 0 Å². The van der Waals surface area contributed by atoms with Crippen molar-refractivity contribution in [2.75, 3.05) is 24.5 Å². The highest BCUT2D eigenvalue weighted by molar-refractivity contribution is 5.37. The largest absolute Gasteiger partial charge is 0.355 e. The van der Waals surface area contributed by atoms with Crippen LogP contribution in [-0.2, 0) is 6.54 Å². The quantitative estimate of drug-likeness (QED) is 0.916. The average Bonchev–Trinajstić information content (AvgIpc) is 2.53. The third-order valence-corrected chi connectivity index (χ3v) is 4.84. The Balaban J connectivity index is 1.66. The topological polar surface area (TPSA) is 41.1 Å². The molecular formula is C16H26N4. The molecule has 1 N–H and O–H groups in total. The van der Waals surface area contributed by atoms with Crippen molar-refractivity contribution in [1.29, 1.82) is 0 Å². The molecule has 0 radical (unpaired) electrons. The van der Waals surface area contributed by atoms with Crippen LogP contribution >= 0.6 is 0 Å². The molecule has 2 unspecified atom stereocenters. The van der Waals surface area contributed by atoms with Crippen LogP contribution < -0.4 is 10.2 Å². The molecule has 4 nitrogen and oxygen atoms in total. The van der Waals surface area contributed by atoms with Crippen molar-refractivity contribution >= 4 is 5.82 Å². The van der Waals surface area contributed by atoms with Gasteiger partial charge in [-0.15, -0.1) is 0 Å². The third kappa shape index (κ3) is 3.11. The van der Waals surface area contributed by atoms with E-state index in [2.05, 4.69) is 22.1 Å². The van der Waals surface area contributed by atoms with Gasteiger partial charge in [0.05, 0.1) is 11.9 Å². The van der Waals surface area contributed by atoms with Crippen LogP contribution in [0.3, 0.4) is 0 Å². The summed E-state index contributed by atoms with van der Waals surface area (Å²) < 4.78 is 0. The summed E-state index contributed by atoms with van der Waals surface area (Å²) in [5.41, 5.74) is 1.05. The van der Waals surface area contributed by atoms with Crippen molar-refractivity contribution in [2.45, 2.75) is 45.6 Å². The van der Waals surface area contributed by atoms with Gasteiger partial charge < -0.3 is 10.2 Å². The highest BCUT2D eigenvalue weighted by atomic mass is 15.2. The summed E-state index contributed by atoms with van der Waals surface area (Å²) in [6.45, 7) is 6.24. The first-order valence-electron chi connectivity index (χ1n) is 8.13. The van der Waals surface area contributed by atoms with Gasteiger partial charge in [0.1, 0.15) is 5.82 Å². The Morgan fingerprint density at radius 2 is 2.05 bits per heavy atom. The molecule has 110 valence electrons. The van der Waals surface area contributed by atoms with Crippen molar-refractivity contribution in [1.82, 2.24) is 15.3 Å². The van der Waals surface area contributed by atoms with Crippen LogP contribution in [0.1, 0.15) is 44.7 Å². The second-order valence-electron chi connectivity index (χ2n) is 6.19. The fraction of sp³-hybridized carbons (Fsp3) is 0.750. The molecule has 1 aliphatic heterocycles. The lowest BCUT2D eigenvalue weighted by molar-refractivity contribution is 0.202. The maximum absolute atomic E-state index is 4.77. The van der Waals surface area contributed by atoms with E-state index in [4.69, 9.17) is 4.98 Å². The van der Waals surface area contributed by atoms with Gasteiger partial charge in [0, 0.05) is 25.8 Å². The van der Waals surface area contributed by atoms with E-state index in [9.17, 15) is 0 Å². The van der Waals surface area contributed by atoms with Crippen molar-refractivity contribution in [3.8, 4) is 0 Å². The molecule has 2 aliphatic rings. The van der Waals surface area contributed by atoms with E-state index in [0.29, 0.717) is 0 Å². The Morgan fingerprint density at radius 3 is 2.90 bits per heavy atom. The zero-order chi connectivity index (χ0) is 13.8. The first-order valence-corrected chi connectivity index (χ1v) is 8.13. The average molecular weight is 274 g/mol. The molecule has 0 spiro atoms. The first kappa shape index (κ1) is 13.8. The van der Waals surface area contributed by atoms with Gasteiger partial charge in [0.25, 0.3) is 0 Å². The molecule has 2 atom stereocenters. The number of aromatic nitrogens is 2. The number of hydrogen-bond acceptors (Lipinski definition) is 4. The van der Waals surface area contributed by atoms with Gasteiger partial charge in [-0.3, -0.25) is 4.98 Å². The Kier molecular flexibility index (Phi) is 4.51. The number of piperidine rings is 1. The Bertz CT molecular complexity index is 434. The van der Waals surface area contributed by atoms with Gasteiger partial charge in [0.2, 0.25) is 0 Å². The van der Waals surface area contributed by atoms with Gasteiger partial charge in [-0.05, 0) is 31.2 Å². The molecule has 1 aromatic heterocycles. The van der Waals surface area contributed by atoms with Crippen LogP contribution in [0, 0.1) is 11.8 Å². The van der Waals surface area contributed by atoms with Gasteiger partial charge >= 0.3 is 0 Å². The van der Waals surface area contributed by atoms with Crippen molar-refractivity contribution in [3.63, 3.8) is 0 Å². The van der Waals surface area contributed by atoms with Crippen LogP contribution in [0.2, 0.25) is 0 Å². The van der Waals surface area contributed by atoms with E-state index in [-0.39, 0.29) is 0 Å². The predicted octanol–water partition coefficient (Wildman–Crippen LogP) is 2.60. The highest BCUT2D eigenvalue weighted by Crippen LogP contribution is 2.36. The van der Waals surface area contributed by atoms with Crippen molar-refractivity contribution < 1.29 is 0 Å². The molecule has 4 heteroatoms. The molecule has 2 fully saturated rings. The first-order chi connectivity index (χ1) is 9.86. The second kappa shape index (κ2) is 6.53. The van der Waals surface area contributed by atoms with Crippen LogP contribution in [0.15, 0.2) is 12.4 Å². The minimum absolute atomic E-state index is 0.817. The maximum atomic E-state index is 4.77. The SMILES string of the molecule is CCNCc1cncc(N2CCC3CCCCC3C2)n1. The minimum Gasteiger partial charge on any atom is -0.355 e. The van der Waals surface area contributed by atoms with E-state index in [1.54, 1.807) is 0 Å². The molecule has 1 aromatic rings. The van der Waals surface area contributed by atoms with Crippen molar-refractivity contribution in [2.24, 2.45) is 11.8 Å². The summed E-state index contributed by atoms with van der Waals surface area (Å²) in [6.07, 6.45) is 10.9. The monoisotopic (exact) mass is 274 g/mol. The summed E-state index contributed by atoms with van der Waals surface area (Å²) in [4.78, 5) is 11.6. The maximum Gasteiger partial charge on any atom is 0.147 e. The predicted molar refractivity (Wildman–Crippen MR) is 81.7 cm³/mol. The lowest BCUT2D eigenvalue weighted by Gasteiger charge is -2.41. The third-order valence-electron chi connectivity index (χ3n) is 4.84. The molecule has 0 bridgehead atoms. The Morgan fingerprint density at radius 1 is 1.20 bits per heavy atom. The van der Waals surface area contributed by atoms with Crippen LogP contribution in [-0.4, -0.2) is 29.6 Å². The molecule has 3 rings (SSSR count). The summed E-state index contributed by atoms with van der Waals surface area (Å²) in [5, 5.41) is 3.32. The van der Waals surface area contributed by atoms with Gasteiger partial charge in [-0.25, -0.2) is 4.98 Å². The van der Waals surface area contributed by atoms with Crippen molar-refractivity contribution in [3.05, 3.63) is 18.1 Å². The zero-order valence-corrected chi connectivity index (χ0v) is 12.5. The van der Waals surface area contributed by atoms with Crippen LogP contribution in [0.4, 0.5) is 5.82 Å². The zero-order valence-electron chi connectivity index (χ0n) is 12.5. The molecule has 1 saturated carbocycles. The summed E-state index contributed by atoms with van der Waals surface area (Å²) in [7, 11) is 0. The smallest absolute Gasteiger partial charge is 0.147 e. The molecule has 0 amide bonds. The lowest BCUT2D eigenvalue weighted by atomic mass is 9.75. The molecule has 0 aromatic carbocycles. The number of nitrogens with one attached hydrogen (secondary N) is 1. The minimum atomic E-state index is 0.817. The summed E-state index contributed by atoms with van der Waals surface area (Å²) in [6, 6.07) is 0. The van der Waals surface area contributed by atoms with Gasteiger partial charge in [-0.1, -0.05) is 26.2 Å². The Hall–Kier alpha value is -1.16. The summed E-state index contributed by atoms with van der Waals surface area (Å²) >= 11 is 0. The second-order valence-corrected chi connectivity index (χ2v) is 6.19. The Labute approximate surface area is 122 Å². The number of fused-ring (bicyclic) bond motifs is 1. The van der Waals surface area contributed by atoms with E-state index >= 15 is 0 Å². The number of nitrogens with zero attached hydrogens (tertiary/aromatic N) is 3. The van der Waals surface area contributed by atoms with E-state index < -0.39 is 0 Å².